The first kappa shape index (κ1) is 10.5. The highest BCUT2D eigenvalue weighted by atomic mass is 32.1. The zero-order valence-electron chi connectivity index (χ0n) is 7.18. The fraction of sp³-hybridized carbons (Fsp3) is 0. The number of carboxylic acids is 1. The summed E-state index contributed by atoms with van der Waals surface area (Å²) in [6.45, 7) is 0. The molecule has 0 aliphatic rings. The summed E-state index contributed by atoms with van der Waals surface area (Å²) < 4.78 is 0. The van der Waals surface area contributed by atoms with Crippen LogP contribution < -0.4 is 0 Å². The van der Waals surface area contributed by atoms with E-state index in [0.717, 1.165) is 6.08 Å². The summed E-state index contributed by atoms with van der Waals surface area (Å²) in [5, 5.41) is 7.97. The summed E-state index contributed by atoms with van der Waals surface area (Å²) >= 11 is 3.61. The molecule has 14 heavy (non-hydrogen) atoms. The van der Waals surface area contributed by atoms with Gasteiger partial charge in [-0.15, -0.1) is 12.6 Å². The molecule has 0 aliphatic carbocycles. The summed E-state index contributed by atoms with van der Waals surface area (Å²) in [7, 11) is 0. The molecule has 1 aromatic rings. The molecule has 0 atom stereocenters. The number of hydrogen-bond acceptors (Lipinski definition) is 2. The molecule has 0 amide bonds. The SMILES string of the molecule is O=C(O)/C=C(\C(=O)S)c1ccccc1. The maximum atomic E-state index is 11.0. The van der Waals surface area contributed by atoms with E-state index in [9.17, 15) is 9.59 Å². The van der Waals surface area contributed by atoms with Crippen molar-refractivity contribution in [3.63, 3.8) is 0 Å². The van der Waals surface area contributed by atoms with Crippen molar-refractivity contribution in [1.82, 2.24) is 0 Å². The van der Waals surface area contributed by atoms with Crippen molar-refractivity contribution in [2.75, 3.05) is 0 Å². The van der Waals surface area contributed by atoms with E-state index in [4.69, 9.17) is 5.11 Å². The van der Waals surface area contributed by atoms with Gasteiger partial charge in [0.2, 0.25) is 5.12 Å². The van der Waals surface area contributed by atoms with Gasteiger partial charge in [0, 0.05) is 11.6 Å². The summed E-state index contributed by atoms with van der Waals surface area (Å²) in [6.07, 6.45) is 0.852. The Bertz CT molecular complexity index is 382. The zero-order chi connectivity index (χ0) is 10.6. The van der Waals surface area contributed by atoms with Gasteiger partial charge in [0.25, 0.3) is 0 Å². The molecule has 0 unspecified atom stereocenters. The predicted octanol–water partition coefficient (Wildman–Crippen LogP) is 1.61. The Balaban J connectivity index is 3.14. The molecule has 1 rings (SSSR count). The number of thiol groups is 1. The number of aliphatic carboxylic acids is 1. The Labute approximate surface area is 86.5 Å². The second-order valence-electron chi connectivity index (χ2n) is 2.57. The standard InChI is InChI=1S/C10H8O3S/c11-9(12)6-8(10(13)14)7-4-2-1-3-5-7/h1-6H,(H,11,12)(H,13,14)/b8-6-. The van der Waals surface area contributed by atoms with Crippen molar-refractivity contribution in [2.45, 2.75) is 0 Å². The van der Waals surface area contributed by atoms with Gasteiger partial charge in [-0.3, -0.25) is 4.79 Å². The van der Waals surface area contributed by atoms with E-state index in [-0.39, 0.29) is 5.57 Å². The van der Waals surface area contributed by atoms with E-state index in [1.54, 1.807) is 30.3 Å². The second-order valence-corrected chi connectivity index (χ2v) is 2.97. The fourth-order valence-corrected chi connectivity index (χ4v) is 1.20. The molecule has 0 aliphatic heterocycles. The van der Waals surface area contributed by atoms with E-state index in [1.807, 2.05) is 0 Å². The van der Waals surface area contributed by atoms with E-state index in [0.29, 0.717) is 5.56 Å². The Morgan fingerprint density at radius 3 is 2.21 bits per heavy atom. The van der Waals surface area contributed by atoms with Gasteiger partial charge in [0.1, 0.15) is 0 Å². The molecule has 0 saturated heterocycles. The topological polar surface area (TPSA) is 54.4 Å². The lowest BCUT2D eigenvalue weighted by molar-refractivity contribution is -0.131. The van der Waals surface area contributed by atoms with Crippen LogP contribution in [0.3, 0.4) is 0 Å². The molecule has 0 radical (unpaired) electrons. The second kappa shape index (κ2) is 4.62. The largest absolute Gasteiger partial charge is 0.478 e. The third-order valence-electron chi connectivity index (χ3n) is 1.58. The Morgan fingerprint density at radius 1 is 1.21 bits per heavy atom. The predicted molar refractivity (Wildman–Crippen MR) is 56.0 cm³/mol. The van der Waals surface area contributed by atoms with E-state index < -0.39 is 11.1 Å². The van der Waals surface area contributed by atoms with Crippen molar-refractivity contribution in [1.29, 1.82) is 0 Å². The first-order valence-electron chi connectivity index (χ1n) is 3.84. The van der Waals surface area contributed by atoms with Crippen molar-refractivity contribution >= 4 is 29.3 Å². The van der Waals surface area contributed by atoms with Crippen molar-refractivity contribution in [2.24, 2.45) is 0 Å². The molecule has 72 valence electrons. The molecule has 4 heteroatoms. The van der Waals surface area contributed by atoms with E-state index >= 15 is 0 Å². The molecule has 0 aromatic heterocycles. The highest BCUT2D eigenvalue weighted by molar-refractivity contribution is 7.98. The van der Waals surface area contributed by atoms with Crippen LogP contribution >= 0.6 is 12.6 Å². The maximum absolute atomic E-state index is 11.0. The van der Waals surface area contributed by atoms with Gasteiger partial charge in [0.15, 0.2) is 0 Å². The van der Waals surface area contributed by atoms with Crippen LogP contribution in [0.1, 0.15) is 5.56 Å². The molecule has 0 saturated carbocycles. The Morgan fingerprint density at radius 2 is 1.79 bits per heavy atom. The van der Waals surface area contributed by atoms with Gasteiger partial charge in [-0.2, -0.15) is 0 Å². The monoisotopic (exact) mass is 208 g/mol. The number of rotatable bonds is 3. The van der Waals surface area contributed by atoms with Crippen LogP contribution in [-0.4, -0.2) is 16.2 Å². The minimum atomic E-state index is -1.16. The van der Waals surface area contributed by atoms with Gasteiger partial charge >= 0.3 is 5.97 Å². The maximum Gasteiger partial charge on any atom is 0.329 e. The minimum absolute atomic E-state index is 0.0847. The summed E-state index contributed by atoms with van der Waals surface area (Å²) in [5.41, 5.74) is 0.635. The fourth-order valence-electron chi connectivity index (χ4n) is 1.01. The van der Waals surface area contributed by atoms with Crippen LogP contribution in [0.5, 0.6) is 0 Å². The summed E-state index contributed by atoms with van der Waals surface area (Å²) in [6, 6.07) is 8.54. The molecule has 0 heterocycles. The average Bonchev–Trinajstić information content (AvgIpc) is 2.15. The number of hydrogen-bond donors (Lipinski definition) is 2. The molecule has 1 N–H and O–H groups in total. The molecule has 3 nitrogen and oxygen atoms in total. The van der Waals surface area contributed by atoms with Crippen molar-refractivity contribution in [3.8, 4) is 0 Å². The van der Waals surface area contributed by atoms with Crippen LogP contribution in [0.25, 0.3) is 5.57 Å². The average molecular weight is 208 g/mol. The molecule has 1 aromatic carbocycles. The lowest BCUT2D eigenvalue weighted by atomic mass is 10.1. The van der Waals surface area contributed by atoms with Crippen LogP contribution in [-0.2, 0) is 9.59 Å². The third kappa shape index (κ3) is 2.74. The normalized spacial score (nSPS) is 11.1. The van der Waals surface area contributed by atoms with Gasteiger partial charge in [-0.1, -0.05) is 30.3 Å². The first-order chi connectivity index (χ1) is 6.61. The number of benzene rings is 1. The summed E-state index contributed by atoms with van der Waals surface area (Å²) in [4.78, 5) is 21.4. The van der Waals surface area contributed by atoms with Crippen molar-refractivity contribution < 1.29 is 14.7 Å². The highest BCUT2D eigenvalue weighted by Crippen LogP contribution is 2.16. The molecule has 0 spiro atoms. The van der Waals surface area contributed by atoms with Gasteiger partial charge < -0.3 is 5.11 Å². The lowest BCUT2D eigenvalue weighted by Gasteiger charge is -2.00. The van der Waals surface area contributed by atoms with Crippen LogP contribution in [0, 0.1) is 0 Å². The molecule has 0 bridgehead atoms. The Hall–Kier alpha value is -1.55. The van der Waals surface area contributed by atoms with Crippen molar-refractivity contribution in [3.05, 3.63) is 42.0 Å². The molecular weight excluding hydrogens is 200 g/mol. The number of carbonyl (C=O) groups is 2. The first-order valence-corrected chi connectivity index (χ1v) is 4.29. The minimum Gasteiger partial charge on any atom is -0.478 e. The highest BCUT2D eigenvalue weighted by Gasteiger charge is 2.08. The molecular formula is C10H8O3S. The van der Waals surface area contributed by atoms with Crippen LogP contribution in [0.2, 0.25) is 0 Å². The van der Waals surface area contributed by atoms with Gasteiger partial charge in [-0.05, 0) is 5.56 Å². The van der Waals surface area contributed by atoms with Crippen LogP contribution in [0.15, 0.2) is 36.4 Å². The quantitative estimate of drug-likeness (QED) is 0.586. The number of carboxylic acid groups (broad SMARTS) is 1. The van der Waals surface area contributed by atoms with Gasteiger partial charge in [-0.25, -0.2) is 4.79 Å². The molecule has 0 fully saturated rings. The Kier molecular flexibility index (Phi) is 3.48. The number of carbonyl (C=O) groups excluding carboxylic acids is 1. The van der Waals surface area contributed by atoms with E-state index in [2.05, 4.69) is 12.6 Å². The summed E-state index contributed by atoms with van der Waals surface area (Å²) in [5.74, 6) is -1.16. The zero-order valence-corrected chi connectivity index (χ0v) is 8.07. The van der Waals surface area contributed by atoms with E-state index in [1.165, 1.54) is 0 Å². The third-order valence-corrected chi connectivity index (χ3v) is 1.82. The van der Waals surface area contributed by atoms with Crippen LogP contribution in [0.4, 0.5) is 0 Å². The smallest absolute Gasteiger partial charge is 0.329 e. The lowest BCUT2D eigenvalue weighted by Crippen LogP contribution is -1.98. The van der Waals surface area contributed by atoms with Gasteiger partial charge in [0.05, 0.1) is 0 Å².